The smallest absolute Gasteiger partial charge is 0.223 e. The minimum absolute atomic E-state index is 0.159. The molecule has 0 bridgehead atoms. The normalized spacial score (nSPS) is 14.1. The highest BCUT2D eigenvalue weighted by atomic mass is 16.2. The lowest BCUT2D eigenvalue weighted by Crippen LogP contribution is -2.24. The molecule has 2 aromatic rings. The van der Waals surface area contributed by atoms with Crippen LogP contribution in [0.1, 0.15) is 18.5 Å². The number of aromatic nitrogens is 1. The second-order valence-electron chi connectivity index (χ2n) is 4.87. The number of pyridine rings is 1. The topological polar surface area (TPSA) is 42.0 Å². The average Bonchev–Trinajstić information content (AvgIpc) is 3.31. The van der Waals surface area contributed by atoms with Crippen LogP contribution >= 0.6 is 0 Å². The fourth-order valence-electron chi connectivity index (χ4n) is 2.02. The van der Waals surface area contributed by atoms with Crippen LogP contribution in [-0.2, 0) is 11.3 Å². The van der Waals surface area contributed by atoms with E-state index in [2.05, 4.69) is 10.3 Å². The number of rotatable bonds is 4. The number of hydrogen-bond acceptors (Lipinski definition) is 2. The van der Waals surface area contributed by atoms with Gasteiger partial charge in [0, 0.05) is 11.5 Å². The molecular weight excluding hydrogens is 236 g/mol. The summed E-state index contributed by atoms with van der Waals surface area (Å²) in [5.41, 5.74) is 2.94. The molecule has 0 atom stereocenters. The average molecular weight is 252 g/mol. The van der Waals surface area contributed by atoms with Crippen molar-refractivity contribution in [2.24, 2.45) is 5.92 Å². The highest BCUT2D eigenvalue weighted by Gasteiger charge is 2.29. The van der Waals surface area contributed by atoms with Crippen molar-refractivity contribution < 1.29 is 4.79 Å². The van der Waals surface area contributed by atoms with Crippen LogP contribution in [0, 0.1) is 5.92 Å². The largest absolute Gasteiger partial charge is 0.350 e. The van der Waals surface area contributed by atoms with Crippen LogP contribution in [0.2, 0.25) is 0 Å². The predicted octanol–water partition coefficient (Wildman–Crippen LogP) is 2.77. The van der Waals surface area contributed by atoms with Gasteiger partial charge < -0.3 is 5.32 Å². The van der Waals surface area contributed by atoms with Crippen molar-refractivity contribution in [3.63, 3.8) is 0 Å². The summed E-state index contributed by atoms with van der Waals surface area (Å²) in [6.45, 7) is 0.510. The molecule has 1 N–H and O–H groups in total. The van der Waals surface area contributed by atoms with Gasteiger partial charge in [0.2, 0.25) is 5.91 Å². The van der Waals surface area contributed by atoms with E-state index < -0.39 is 0 Å². The standard InChI is InChI=1S/C16H16N2O/c19-16(13-9-10-13)17-11-14-7-4-8-15(18-14)12-5-2-1-3-6-12/h1-8,13H,9-11H2,(H,17,19). The Morgan fingerprint density at radius 2 is 1.89 bits per heavy atom. The Bertz CT molecular complexity index is 576. The fraction of sp³-hybridized carbons (Fsp3) is 0.250. The van der Waals surface area contributed by atoms with Crippen LogP contribution in [0.15, 0.2) is 48.5 Å². The molecule has 1 amide bonds. The van der Waals surface area contributed by atoms with E-state index in [0.29, 0.717) is 6.54 Å². The van der Waals surface area contributed by atoms with E-state index >= 15 is 0 Å². The fourth-order valence-corrected chi connectivity index (χ4v) is 2.02. The zero-order chi connectivity index (χ0) is 13.1. The van der Waals surface area contributed by atoms with Gasteiger partial charge in [0.25, 0.3) is 0 Å². The molecule has 96 valence electrons. The monoisotopic (exact) mass is 252 g/mol. The first-order valence-electron chi connectivity index (χ1n) is 6.62. The first-order chi connectivity index (χ1) is 9.33. The molecule has 0 spiro atoms. The molecule has 1 aromatic heterocycles. The van der Waals surface area contributed by atoms with Gasteiger partial charge in [0.15, 0.2) is 0 Å². The third-order valence-electron chi connectivity index (χ3n) is 3.27. The van der Waals surface area contributed by atoms with E-state index in [0.717, 1.165) is 29.8 Å². The molecule has 1 aliphatic rings. The molecule has 1 heterocycles. The van der Waals surface area contributed by atoms with E-state index in [-0.39, 0.29) is 11.8 Å². The van der Waals surface area contributed by atoms with Crippen molar-refractivity contribution in [1.29, 1.82) is 0 Å². The molecule has 19 heavy (non-hydrogen) atoms. The van der Waals surface area contributed by atoms with Gasteiger partial charge in [0.05, 0.1) is 17.9 Å². The summed E-state index contributed by atoms with van der Waals surface area (Å²) < 4.78 is 0. The summed E-state index contributed by atoms with van der Waals surface area (Å²) in [7, 11) is 0. The Labute approximate surface area is 112 Å². The Morgan fingerprint density at radius 3 is 2.63 bits per heavy atom. The number of benzene rings is 1. The molecule has 1 aliphatic carbocycles. The number of hydrogen-bond donors (Lipinski definition) is 1. The molecule has 3 nitrogen and oxygen atoms in total. The Balaban J connectivity index is 1.71. The van der Waals surface area contributed by atoms with E-state index in [4.69, 9.17) is 0 Å². The number of amides is 1. The molecule has 1 aromatic carbocycles. The van der Waals surface area contributed by atoms with Crippen LogP contribution in [0.5, 0.6) is 0 Å². The summed E-state index contributed by atoms with van der Waals surface area (Å²) in [6, 6.07) is 16.0. The lowest BCUT2D eigenvalue weighted by molar-refractivity contribution is -0.122. The summed E-state index contributed by atoms with van der Waals surface area (Å²) in [5, 5.41) is 2.94. The first kappa shape index (κ1) is 11.9. The van der Waals surface area contributed by atoms with Gasteiger partial charge in [-0.15, -0.1) is 0 Å². The van der Waals surface area contributed by atoms with E-state index in [9.17, 15) is 4.79 Å². The van der Waals surface area contributed by atoms with Crippen molar-refractivity contribution in [2.45, 2.75) is 19.4 Å². The van der Waals surface area contributed by atoms with Crippen LogP contribution < -0.4 is 5.32 Å². The quantitative estimate of drug-likeness (QED) is 0.909. The van der Waals surface area contributed by atoms with E-state index in [1.165, 1.54) is 0 Å². The van der Waals surface area contributed by atoms with Gasteiger partial charge >= 0.3 is 0 Å². The summed E-state index contributed by atoms with van der Waals surface area (Å²) in [5.74, 6) is 0.407. The van der Waals surface area contributed by atoms with Crippen molar-refractivity contribution >= 4 is 5.91 Å². The molecule has 3 rings (SSSR count). The summed E-state index contributed by atoms with van der Waals surface area (Å²) in [4.78, 5) is 16.2. The Kier molecular flexibility index (Phi) is 3.27. The maximum absolute atomic E-state index is 11.6. The van der Waals surface area contributed by atoms with Crippen LogP contribution in [0.3, 0.4) is 0 Å². The van der Waals surface area contributed by atoms with Crippen LogP contribution in [-0.4, -0.2) is 10.9 Å². The van der Waals surface area contributed by atoms with Crippen LogP contribution in [0.4, 0.5) is 0 Å². The lowest BCUT2D eigenvalue weighted by atomic mass is 10.1. The molecular formula is C16H16N2O. The molecule has 0 aliphatic heterocycles. The maximum Gasteiger partial charge on any atom is 0.223 e. The van der Waals surface area contributed by atoms with Gasteiger partial charge in [-0.3, -0.25) is 9.78 Å². The molecule has 1 saturated carbocycles. The summed E-state index contributed by atoms with van der Waals surface area (Å²) >= 11 is 0. The minimum atomic E-state index is 0.159. The third kappa shape index (κ3) is 2.99. The van der Waals surface area contributed by atoms with Crippen LogP contribution in [0.25, 0.3) is 11.3 Å². The van der Waals surface area contributed by atoms with Crippen molar-refractivity contribution in [2.75, 3.05) is 0 Å². The lowest BCUT2D eigenvalue weighted by Gasteiger charge is -2.06. The molecule has 3 heteroatoms. The predicted molar refractivity (Wildman–Crippen MR) is 74.2 cm³/mol. The molecule has 0 unspecified atom stereocenters. The second-order valence-corrected chi connectivity index (χ2v) is 4.87. The molecule has 0 radical (unpaired) electrons. The molecule has 1 fully saturated rings. The van der Waals surface area contributed by atoms with E-state index in [1.54, 1.807) is 0 Å². The van der Waals surface area contributed by atoms with E-state index in [1.807, 2.05) is 48.5 Å². The third-order valence-corrected chi connectivity index (χ3v) is 3.27. The van der Waals surface area contributed by atoms with Crippen molar-refractivity contribution in [3.05, 3.63) is 54.2 Å². The highest BCUT2D eigenvalue weighted by Crippen LogP contribution is 2.28. The van der Waals surface area contributed by atoms with Gasteiger partial charge in [-0.25, -0.2) is 0 Å². The van der Waals surface area contributed by atoms with Gasteiger partial charge in [-0.1, -0.05) is 36.4 Å². The second kappa shape index (κ2) is 5.22. The maximum atomic E-state index is 11.6. The van der Waals surface area contributed by atoms with Gasteiger partial charge in [0.1, 0.15) is 0 Å². The Morgan fingerprint density at radius 1 is 1.11 bits per heavy atom. The zero-order valence-electron chi connectivity index (χ0n) is 10.7. The number of carbonyl (C=O) groups is 1. The SMILES string of the molecule is O=C(NCc1cccc(-c2ccccc2)n1)C1CC1. The van der Waals surface area contributed by atoms with Gasteiger partial charge in [-0.2, -0.15) is 0 Å². The minimum Gasteiger partial charge on any atom is -0.350 e. The zero-order valence-corrected chi connectivity index (χ0v) is 10.7. The van der Waals surface area contributed by atoms with Crippen molar-refractivity contribution in [1.82, 2.24) is 10.3 Å². The first-order valence-corrected chi connectivity index (χ1v) is 6.62. The molecule has 0 saturated heterocycles. The number of nitrogens with one attached hydrogen (secondary N) is 1. The highest BCUT2D eigenvalue weighted by molar-refractivity contribution is 5.80. The van der Waals surface area contributed by atoms with Gasteiger partial charge in [-0.05, 0) is 25.0 Å². The Hall–Kier alpha value is -2.16. The number of carbonyl (C=O) groups excluding carboxylic acids is 1. The summed E-state index contributed by atoms with van der Waals surface area (Å²) in [6.07, 6.45) is 2.06. The van der Waals surface area contributed by atoms with Crippen molar-refractivity contribution in [3.8, 4) is 11.3 Å². The number of nitrogens with zero attached hydrogens (tertiary/aromatic N) is 1.